The minimum Gasteiger partial charge on any atom is -0.272 e. The third-order valence-electron chi connectivity index (χ3n) is 5.88. The van der Waals surface area contributed by atoms with Crippen molar-refractivity contribution < 1.29 is 18.4 Å². The fourth-order valence-corrected chi connectivity index (χ4v) is 4.25. The summed E-state index contributed by atoms with van der Waals surface area (Å²) < 4.78 is 29.0. The summed E-state index contributed by atoms with van der Waals surface area (Å²) in [6.45, 7) is 0.362. The maximum Gasteiger partial charge on any atom is 0.249 e. The van der Waals surface area contributed by atoms with Gasteiger partial charge >= 0.3 is 0 Å². The van der Waals surface area contributed by atoms with E-state index in [2.05, 4.69) is 5.10 Å². The maximum atomic E-state index is 13.9. The lowest BCUT2D eigenvalue weighted by Gasteiger charge is -2.37. The second kappa shape index (κ2) is 7.18. The van der Waals surface area contributed by atoms with Crippen molar-refractivity contribution in [2.45, 2.75) is 31.3 Å². The van der Waals surface area contributed by atoms with Crippen LogP contribution < -0.4 is 0 Å². The molecule has 0 N–H and O–H groups in total. The zero-order valence-electron chi connectivity index (χ0n) is 16.0. The number of amides is 1. The van der Waals surface area contributed by atoms with Crippen LogP contribution in [0.15, 0.2) is 42.6 Å². The first-order chi connectivity index (χ1) is 14.5. The molecule has 2 heterocycles. The fraction of sp³-hybridized carbons (Fsp3) is 0.318. The average molecular weight is 408 g/mol. The van der Waals surface area contributed by atoms with Gasteiger partial charge in [0.15, 0.2) is 0 Å². The molecule has 1 atom stereocenters. The summed E-state index contributed by atoms with van der Waals surface area (Å²) in [5.41, 5.74) is 1.50. The van der Waals surface area contributed by atoms with Gasteiger partial charge in [-0.3, -0.25) is 14.3 Å². The molecule has 1 aliphatic heterocycles. The number of hydrogen-bond donors (Lipinski definition) is 0. The number of hydroxylamine groups is 2. The number of fused-ring (bicyclic) bond motifs is 1. The monoisotopic (exact) mass is 408 g/mol. The molecule has 0 radical (unpaired) electrons. The highest BCUT2D eigenvalue weighted by molar-refractivity contribution is 5.80. The summed E-state index contributed by atoms with van der Waals surface area (Å²) in [6, 6.07) is 10.2. The molecule has 2 aliphatic rings. The van der Waals surface area contributed by atoms with E-state index in [0.717, 1.165) is 5.39 Å². The van der Waals surface area contributed by atoms with E-state index >= 15 is 0 Å². The maximum absolute atomic E-state index is 13.9. The number of rotatable bonds is 3. The molecule has 0 unspecified atom stereocenters. The number of nitrogens with zero attached hydrogens (tertiary/aromatic N) is 4. The van der Waals surface area contributed by atoms with Crippen LogP contribution in [0.1, 0.15) is 42.5 Å². The summed E-state index contributed by atoms with van der Waals surface area (Å²) in [4.78, 5) is 18.6. The van der Waals surface area contributed by atoms with Crippen molar-refractivity contribution in [3.8, 4) is 6.07 Å². The minimum absolute atomic E-state index is 0.0647. The van der Waals surface area contributed by atoms with E-state index in [1.807, 2.05) is 6.07 Å². The summed E-state index contributed by atoms with van der Waals surface area (Å²) in [5.74, 6) is -1.17. The smallest absolute Gasteiger partial charge is 0.249 e. The van der Waals surface area contributed by atoms with Gasteiger partial charge in [-0.25, -0.2) is 13.8 Å². The van der Waals surface area contributed by atoms with E-state index < -0.39 is 11.9 Å². The van der Waals surface area contributed by atoms with Crippen LogP contribution in [0.5, 0.6) is 0 Å². The molecule has 6 nitrogen and oxygen atoms in total. The Balaban J connectivity index is 1.29. The Morgan fingerprint density at radius 2 is 2.00 bits per heavy atom. The summed E-state index contributed by atoms with van der Waals surface area (Å²) in [7, 11) is 0. The lowest BCUT2D eigenvalue weighted by molar-refractivity contribution is -0.185. The number of carbonyl (C=O) groups excluding carboxylic acids is 1. The lowest BCUT2D eigenvalue weighted by Crippen LogP contribution is -2.41. The molecule has 0 spiro atoms. The Kier molecular flexibility index (Phi) is 4.48. The third-order valence-corrected chi connectivity index (χ3v) is 5.88. The Labute approximate surface area is 171 Å². The Hall–Kier alpha value is -3.31. The van der Waals surface area contributed by atoms with Gasteiger partial charge in [-0.05, 0) is 54.8 Å². The second-order valence-corrected chi connectivity index (χ2v) is 7.82. The molecule has 1 amide bonds. The molecule has 3 aromatic rings. The van der Waals surface area contributed by atoms with Crippen LogP contribution in [0.3, 0.4) is 0 Å². The highest BCUT2D eigenvalue weighted by atomic mass is 19.1. The van der Waals surface area contributed by atoms with Gasteiger partial charge in [0.2, 0.25) is 5.91 Å². The number of aromatic nitrogens is 2. The Bertz CT molecular complexity index is 1180. The first kappa shape index (κ1) is 18.7. The summed E-state index contributed by atoms with van der Waals surface area (Å²) >= 11 is 0. The van der Waals surface area contributed by atoms with Crippen molar-refractivity contribution >= 4 is 16.8 Å². The van der Waals surface area contributed by atoms with Gasteiger partial charge in [-0.2, -0.15) is 10.4 Å². The highest BCUT2D eigenvalue weighted by Gasteiger charge is 2.42. The van der Waals surface area contributed by atoms with E-state index in [-0.39, 0.29) is 29.2 Å². The quantitative estimate of drug-likeness (QED) is 0.656. The number of hydrogen-bond acceptors (Lipinski definition) is 4. The van der Waals surface area contributed by atoms with Gasteiger partial charge < -0.3 is 0 Å². The van der Waals surface area contributed by atoms with Crippen molar-refractivity contribution in [2.75, 3.05) is 6.61 Å². The van der Waals surface area contributed by atoms with Crippen LogP contribution in [0, 0.1) is 28.9 Å². The molecule has 2 fully saturated rings. The van der Waals surface area contributed by atoms with Gasteiger partial charge in [0.1, 0.15) is 11.6 Å². The van der Waals surface area contributed by atoms with E-state index in [1.165, 1.54) is 29.3 Å². The minimum atomic E-state index is -0.505. The number of benzene rings is 2. The molecular weight excluding hydrogens is 390 g/mol. The molecule has 8 heteroatoms. The zero-order chi connectivity index (χ0) is 20.8. The van der Waals surface area contributed by atoms with Gasteiger partial charge in [0.25, 0.3) is 0 Å². The van der Waals surface area contributed by atoms with Crippen LogP contribution in [-0.4, -0.2) is 27.4 Å². The van der Waals surface area contributed by atoms with E-state index in [0.29, 0.717) is 36.9 Å². The Morgan fingerprint density at radius 1 is 1.17 bits per heavy atom. The predicted octanol–water partition coefficient (Wildman–Crippen LogP) is 4.04. The highest BCUT2D eigenvalue weighted by Crippen LogP contribution is 2.42. The normalized spacial score (nSPS) is 23.4. The summed E-state index contributed by atoms with van der Waals surface area (Å²) in [6.07, 6.45) is 3.56. The van der Waals surface area contributed by atoms with Gasteiger partial charge in [0.05, 0.1) is 35.8 Å². The first-order valence-electron chi connectivity index (χ1n) is 9.83. The number of nitriles is 1. The van der Waals surface area contributed by atoms with Crippen molar-refractivity contribution in [3.63, 3.8) is 0 Å². The molecule has 5 rings (SSSR count). The molecule has 1 saturated carbocycles. The van der Waals surface area contributed by atoms with Gasteiger partial charge in [-0.1, -0.05) is 0 Å². The first-order valence-corrected chi connectivity index (χ1v) is 9.83. The van der Waals surface area contributed by atoms with Crippen molar-refractivity contribution in [1.82, 2.24) is 14.8 Å². The molecule has 1 aliphatic carbocycles. The van der Waals surface area contributed by atoms with Crippen molar-refractivity contribution in [2.24, 2.45) is 5.92 Å². The van der Waals surface area contributed by atoms with E-state index in [1.54, 1.807) is 23.0 Å². The molecule has 2 aromatic carbocycles. The number of halogens is 2. The topological polar surface area (TPSA) is 71.2 Å². The van der Waals surface area contributed by atoms with Crippen LogP contribution in [0.2, 0.25) is 0 Å². The SMILES string of the molecule is N#Cc1cc(F)cc([C@@H]2CCON2C(=O)[C@H]2C[C@@H](n3cc4cc(F)ccc4n3)C2)c1. The van der Waals surface area contributed by atoms with E-state index in [4.69, 9.17) is 10.1 Å². The van der Waals surface area contributed by atoms with Gasteiger partial charge in [-0.15, -0.1) is 0 Å². The van der Waals surface area contributed by atoms with Crippen LogP contribution in [-0.2, 0) is 9.63 Å². The van der Waals surface area contributed by atoms with Crippen molar-refractivity contribution in [1.29, 1.82) is 5.26 Å². The average Bonchev–Trinajstić information content (AvgIpc) is 3.32. The third kappa shape index (κ3) is 3.21. The van der Waals surface area contributed by atoms with Crippen molar-refractivity contribution in [3.05, 3.63) is 65.4 Å². The Morgan fingerprint density at radius 3 is 2.80 bits per heavy atom. The van der Waals surface area contributed by atoms with Crippen LogP contribution >= 0.6 is 0 Å². The molecule has 152 valence electrons. The van der Waals surface area contributed by atoms with E-state index in [9.17, 15) is 13.6 Å². The van der Waals surface area contributed by atoms with Crippen LogP contribution in [0.4, 0.5) is 8.78 Å². The lowest BCUT2D eigenvalue weighted by atomic mass is 9.79. The van der Waals surface area contributed by atoms with Gasteiger partial charge in [0, 0.05) is 23.9 Å². The molecule has 1 saturated heterocycles. The predicted molar refractivity (Wildman–Crippen MR) is 103 cm³/mol. The van der Waals surface area contributed by atoms with Crippen LogP contribution in [0.25, 0.3) is 10.9 Å². The second-order valence-electron chi connectivity index (χ2n) is 7.82. The standard InChI is InChI=1S/C22H18F2N4O2/c23-17-1-2-20-16(8-17)12-27(26-20)19-9-15(10-19)22(29)28-21(3-4-30-28)14-5-13(11-25)6-18(24)7-14/h1-2,5-8,12,15,19,21H,3-4,9-10H2/t15-,19+,21-/m0/s1. The summed E-state index contributed by atoms with van der Waals surface area (Å²) in [5, 5.41) is 15.6. The fourth-order valence-electron chi connectivity index (χ4n) is 4.25. The largest absolute Gasteiger partial charge is 0.272 e. The molecule has 0 bridgehead atoms. The molecule has 1 aromatic heterocycles. The molecule has 30 heavy (non-hydrogen) atoms. The number of carbonyl (C=O) groups is 1. The zero-order valence-corrected chi connectivity index (χ0v) is 16.0. The molecular formula is C22H18F2N4O2.